The van der Waals surface area contributed by atoms with Gasteiger partial charge in [0, 0.05) is 18.9 Å². The molecule has 0 aliphatic heterocycles. The second kappa shape index (κ2) is 6.31. The summed E-state index contributed by atoms with van der Waals surface area (Å²) in [6.45, 7) is 1.32. The van der Waals surface area contributed by atoms with Crippen molar-refractivity contribution in [3.8, 4) is 0 Å². The van der Waals surface area contributed by atoms with Crippen molar-refractivity contribution in [2.75, 3.05) is 0 Å². The van der Waals surface area contributed by atoms with Gasteiger partial charge in [-0.25, -0.2) is 0 Å². The molecule has 0 aliphatic rings. The van der Waals surface area contributed by atoms with Crippen LogP contribution >= 0.6 is 0 Å². The minimum absolute atomic E-state index is 0.0213. The van der Waals surface area contributed by atoms with Gasteiger partial charge in [-0.15, -0.1) is 0 Å². The molecule has 0 bridgehead atoms. The molecule has 0 spiro atoms. The SMILES string of the molecule is CC(=O)CC/C(=C\c1ccc(C(F)(F)F)cc1)[N+](=O)[O-]. The predicted octanol–water partition coefficient (Wildman–Crippen LogP) is 3.69. The van der Waals surface area contributed by atoms with Crippen molar-refractivity contribution < 1.29 is 22.9 Å². The summed E-state index contributed by atoms with van der Waals surface area (Å²) in [5.41, 5.74) is -0.741. The summed E-state index contributed by atoms with van der Waals surface area (Å²) < 4.78 is 37.1. The highest BCUT2D eigenvalue weighted by molar-refractivity contribution is 5.75. The molecule has 1 aromatic rings. The standard InChI is InChI=1S/C13H12F3NO3/c1-9(18)2-7-12(17(19)20)8-10-3-5-11(6-4-10)13(14,15)16/h3-6,8H,2,7H2,1H3/b12-8+. The Morgan fingerprint density at radius 3 is 2.20 bits per heavy atom. The van der Waals surface area contributed by atoms with Crippen LogP contribution in [0.1, 0.15) is 30.9 Å². The van der Waals surface area contributed by atoms with Gasteiger partial charge in [0.2, 0.25) is 5.70 Å². The van der Waals surface area contributed by atoms with Crippen LogP contribution in [0, 0.1) is 10.1 Å². The Hall–Kier alpha value is -2.18. The van der Waals surface area contributed by atoms with Gasteiger partial charge in [0.05, 0.1) is 10.5 Å². The first-order valence-electron chi connectivity index (χ1n) is 5.72. The average Bonchev–Trinajstić information content (AvgIpc) is 2.33. The van der Waals surface area contributed by atoms with Crippen LogP contribution in [0.4, 0.5) is 13.2 Å². The number of halogens is 3. The summed E-state index contributed by atoms with van der Waals surface area (Å²) in [6, 6.07) is 4.02. The highest BCUT2D eigenvalue weighted by Crippen LogP contribution is 2.29. The second-order valence-corrected chi connectivity index (χ2v) is 4.21. The highest BCUT2D eigenvalue weighted by atomic mass is 19.4. The van der Waals surface area contributed by atoms with Gasteiger partial charge >= 0.3 is 6.18 Å². The molecule has 108 valence electrons. The van der Waals surface area contributed by atoms with E-state index in [1.54, 1.807) is 0 Å². The van der Waals surface area contributed by atoms with Crippen LogP contribution in [0.2, 0.25) is 0 Å². The quantitative estimate of drug-likeness (QED) is 0.613. The number of Topliss-reactive ketones (excluding diaryl/α,β-unsaturated/α-hetero) is 1. The summed E-state index contributed by atoms with van der Waals surface area (Å²) in [4.78, 5) is 21.0. The molecule has 0 heterocycles. The molecule has 0 amide bonds. The lowest BCUT2D eigenvalue weighted by Gasteiger charge is -2.06. The van der Waals surface area contributed by atoms with Crippen molar-refractivity contribution in [3.05, 3.63) is 51.2 Å². The van der Waals surface area contributed by atoms with E-state index in [1.165, 1.54) is 13.0 Å². The van der Waals surface area contributed by atoms with Crippen LogP contribution in [0.15, 0.2) is 30.0 Å². The third-order valence-electron chi connectivity index (χ3n) is 2.54. The third-order valence-corrected chi connectivity index (χ3v) is 2.54. The third kappa shape index (κ3) is 4.83. The largest absolute Gasteiger partial charge is 0.416 e. The summed E-state index contributed by atoms with van der Waals surface area (Å²) in [6.07, 6.45) is -3.30. The average molecular weight is 287 g/mol. The fourth-order valence-electron chi connectivity index (χ4n) is 1.48. The number of ketones is 1. The maximum Gasteiger partial charge on any atom is 0.416 e. The smallest absolute Gasteiger partial charge is 0.300 e. The number of nitrogens with zero attached hydrogens (tertiary/aromatic N) is 1. The summed E-state index contributed by atoms with van der Waals surface area (Å²) in [5.74, 6) is -0.190. The van der Waals surface area contributed by atoms with E-state index in [-0.39, 0.29) is 29.9 Å². The zero-order valence-electron chi connectivity index (χ0n) is 10.6. The topological polar surface area (TPSA) is 60.2 Å². The summed E-state index contributed by atoms with van der Waals surface area (Å²) >= 11 is 0. The monoisotopic (exact) mass is 287 g/mol. The zero-order valence-corrected chi connectivity index (χ0v) is 10.6. The number of hydrogen-bond donors (Lipinski definition) is 0. The molecular formula is C13H12F3NO3. The number of rotatable bonds is 5. The Kier molecular flexibility index (Phi) is 5.01. The first-order chi connectivity index (χ1) is 9.20. The van der Waals surface area contributed by atoms with Gasteiger partial charge in [0.25, 0.3) is 0 Å². The molecule has 0 aromatic heterocycles. The van der Waals surface area contributed by atoms with Crippen molar-refractivity contribution >= 4 is 11.9 Å². The van der Waals surface area contributed by atoms with Gasteiger partial charge in [-0.1, -0.05) is 12.1 Å². The summed E-state index contributed by atoms with van der Waals surface area (Å²) in [7, 11) is 0. The molecule has 0 N–H and O–H groups in total. The maximum absolute atomic E-state index is 12.4. The minimum Gasteiger partial charge on any atom is -0.300 e. The lowest BCUT2D eigenvalue weighted by Crippen LogP contribution is -2.04. The van der Waals surface area contributed by atoms with E-state index < -0.39 is 16.7 Å². The van der Waals surface area contributed by atoms with Crippen LogP contribution in [0.25, 0.3) is 6.08 Å². The molecule has 7 heteroatoms. The van der Waals surface area contributed by atoms with E-state index in [1.807, 2.05) is 0 Å². The number of hydrogen-bond acceptors (Lipinski definition) is 3. The molecule has 0 aliphatic carbocycles. The van der Waals surface area contributed by atoms with Gasteiger partial charge in [-0.3, -0.25) is 10.1 Å². The van der Waals surface area contributed by atoms with Crippen LogP contribution in [-0.4, -0.2) is 10.7 Å². The first-order valence-corrected chi connectivity index (χ1v) is 5.72. The second-order valence-electron chi connectivity index (χ2n) is 4.21. The van der Waals surface area contributed by atoms with Crippen LogP contribution < -0.4 is 0 Å². The molecule has 0 fully saturated rings. The molecule has 20 heavy (non-hydrogen) atoms. The van der Waals surface area contributed by atoms with E-state index in [0.29, 0.717) is 0 Å². The lowest BCUT2D eigenvalue weighted by molar-refractivity contribution is -0.426. The molecule has 0 saturated heterocycles. The first kappa shape index (κ1) is 15.9. The fraction of sp³-hybridized carbons (Fsp3) is 0.308. The fourth-order valence-corrected chi connectivity index (χ4v) is 1.48. The Labute approximate surface area is 113 Å². The van der Waals surface area contributed by atoms with Crippen LogP contribution in [0.3, 0.4) is 0 Å². The van der Waals surface area contributed by atoms with Gasteiger partial charge in [-0.2, -0.15) is 13.2 Å². The number of nitro groups is 1. The number of allylic oxidation sites excluding steroid dienone is 1. The van der Waals surface area contributed by atoms with Crippen LogP contribution in [-0.2, 0) is 11.0 Å². The zero-order chi connectivity index (χ0) is 15.3. The molecule has 0 saturated carbocycles. The van der Waals surface area contributed by atoms with E-state index >= 15 is 0 Å². The molecule has 0 radical (unpaired) electrons. The van der Waals surface area contributed by atoms with Crippen molar-refractivity contribution in [1.82, 2.24) is 0 Å². The van der Waals surface area contributed by atoms with Crippen molar-refractivity contribution in [2.24, 2.45) is 0 Å². The Bertz CT molecular complexity index is 533. The van der Waals surface area contributed by atoms with Gasteiger partial charge in [-0.05, 0) is 24.6 Å². The Morgan fingerprint density at radius 2 is 1.80 bits per heavy atom. The Balaban J connectivity index is 2.94. The lowest BCUT2D eigenvalue weighted by atomic mass is 10.1. The van der Waals surface area contributed by atoms with Crippen molar-refractivity contribution in [2.45, 2.75) is 25.9 Å². The Morgan fingerprint density at radius 1 is 1.25 bits per heavy atom. The molecule has 0 unspecified atom stereocenters. The van der Waals surface area contributed by atoms with E-state index in [2.05, 4.69) is 0 Å². The maximum atomic E-state index is 12.4. The minimum atomic E-state index is -4.44. The molecule has 0 atom stereocenters. The van der Waals surface area contributed by atoms with Gasteiger partial charge < -0.3 is 4.79 Å². The molecule has 1 aromatic carbocycles. The molecule has 1 rings (SSSR count). The number of alkyl halides is 3. The van der Waals surface area contributed by atoms with Gasteiger partial charge in [0.1, 0.15) is 5.78 Å². The molecular weight excluding hydrogens is 275 g/mol. The molecule has 4 nitrogen and oxygen atoms in total. The van der Waals surface area contributed by atoms with Crippen LogP contribution in [0.5, 0.6) is 0 Å². The van der Waals surface area contributed by atoms with Gasteiger partial charge in [0.15, 0.2) is 0 Å². The number of carbonyl (C=O) groups is 1. The van der Waals surface area contributed by atoms with Crippen molar-refractivity contribution in [3.63, 3.8) is 0 Å². The highest BCUT2D eigenvalue weighted by Gasteiger charge is 2.29. The van der Waals surface area contributed by atoms with Crippen molar-refractivity contribution in [1.29, 1.82) is 0 Å². The predicted molar refractivity (Wildman–Crippen MR) is 66.3 cm³/mol. The van der Waals surface area contributed by atoms with E-state index in [4.69, 9.17) is 0 Å². The normalized spacial score (nSPS) is 12.3. The number of benzene rings is 1. The summed E-state index contributed by atoms with van der Waals surface area (Å²) in [5, 5.41) is 10.8. The van der Waals surface area contributed by atoms with E-state index in [0.717, 1.165) is 24.3 Å². The van der Waals surface area contributed by atoms with E-state index in [9.17, 15) is 28.1 Å². The number of carbonyl (C=O) groups excluding carboxylic acids is 1.